The van der Waals surface area contributed by atoms with E-state index in [2.05, 4.69) is 21.2 Å². The lowest BCUT2D eigenvalue weighted by molar-refractivity contribution is -0.113. The number of halogens is 3. The van der Waals surface area contributed by atoms with E-state index < -0.39 is 11.7 Å². The van der Waals surface area contributed by atoms with Crippen LogP contribution < -0.4 is 15.0 Å². The van der Waals surface area contributed by atoms with Gasteiger partial charge in [0.05, 0.1) is 15.1 Å². The van der Waals surface area contributed by atoms with Crippen molar-refractivity contribution in [3.05, 3.63) is 128 Å². The van der Waals surface area contributed by atoms with Crippen LogP contribution in [0.2, 0.25) is 5.02 Å². The van der Waals surface area contributed by atoms with E-state index in [0.717, 1.165) is 15.6 Å². The summed E-state index contributed by atoms with van der Waals surface area (Å²) in [5.74, 6) is -0.411. The van der Waals surface area contributed by atoms with Gasteiger partial charge in [-0.3, -0.25) is 14.5 Å². The van der Waals surface area contributed by atoms with E-state index in [4.69, 9.17) is 28.6 Å². The molecule has 10 heteroatoms. The van der Waals surface area contributed by atoms with Crippen LogP contribution in [0.25, 0.3) is 6.08 Å². The molecule has 0 bridgehead atoms. The zero-order valence-electron chi connectivity index (χ0n) is 20.6. The van der Waals surface area contributed by atoms with Crippen molar-refractivity contribution < 1.29 is 18.7 Å². The van der Waals surface area contributed by atoms with Crippen LogP contribution in [0.1, 0.15) is 21.5 Å². The van der Waals surface area contributed by atoms with Crippen LogP contribution in [0, 0.1) is 5.82 Å². The van der Waals surface area contributed by atoms with E-state index >= 15 is 0 Å². The minimum absolute atomic E-state index is 0.287. The van der Waals surface area contributed by atoms with E-state index in [1.54, 1.807) is 30.3 Å². The first-order chi connectivity index (χ1) is 19.3. The van der Waals surface area contributed by atoms with Crippen molar-refractivity contribution in [1.82, 2.24) is 0 Å². The maximum atomic E-state index is 13.3. The molecular weight excluding hydrogens is 635 g/mol. The number of hydrogen-bond donors (Lipinski definition) is 1. The smallest absolute Gasteiger partial charge is 0.270 e. The summed E-state index contributed by atoms with van der Waals surface area (Å²) < 4.78 is 20.2. The molecule has 2 amide bonds. The van der Waals surface area contributed by atoms with E-state index in [0.29, 0.717) is 43.5 Å². The Bertz CT molecular complexity index is 1650. The molecule has 0 radical (unpaired) electrons. The van der Waals surface area contributed by atoms with Crippen LogP contribution >= 0.6 is 51.5 Å². The third kappa shape index (κ3) is 6.62. The highest BCUT2D eigenvalue weighted by atomic mass is 79.9. The third-order valence-electron chi connectivity index (χ3n) is 5.82. The van der Waals surface area contributed by atoms with Gasteiger partial charge in [0.2, 0.25) is 0 Å². The van der Waals surface area contributed by atoms with Crippen LogP contribution in [0.4, 0.5) is 15.8 Å². The molecule has 0 atom stereocenters. The molecule has 4 aromatic carbocycles. The Balaban J connectivity index is 1.29. The fourth-order valence-electron chi connectivity index (χ4n) is 3.83. The largest absolute Gasteiger partial charge is 0.488 e. The van der Waals surface area contributed by atoms with Crippen molar-refractivity contribution in [3.63, 3.8) is 0 Å². The Morgan fingerprint density at radius 2 is 1.80 bits per heavy atom. The first-order valence-corrected chi connectivity index (χ1v) is 14.3. The Labute approximate surface area is 253 Å². The van der Waals surface area contributed by atoms with Crippen LogP contribution in [-0.4, -0.2) is 16.1 Å². The van der Waals surface area contributed by atoms with Gasteiger partial charge in [0.15, 0.2) is 4.32 Å². The zero-order valence-corrected chi connectivity index (χ0v) is 24.5. The van der Waals surface area contributed by atoms with E-state index in [1.807, 2.05) is 42.5 Å². The second kappa shape index (κ2) is 12.3. The van der Waals surface area contributed by atoms with Gasteiger partial charge in [-0.25, -0.2) is 4.39 Å². The summed E-state index contributed by atoms with van der Waals surface area (Å²) in [4.78, 5) is 27.9. The minimum atomic E-state index is -0.395. The highest BCUT2D eigenvalue weighted by molar-refractivity contribution is 9.10. The average Bonchev–Trinajstić information content (AvgIpc) is 3.22. The SMILES string of the molecule is O=C(Nc1ccc(F)cc1)c1cccc(N2C(=O)/C(=C\c3ccc(OCc4ccc(Cl)cc4)c(Br)c3)SC2=S)c1. The number of carbonyl (C=O) groups excluding carboxylic acids is 2. The number of carbonyl (C=O) groups is 2. The molecule has 200 valence electrons. The molecule has 1 N–H and O–H groups in total. The molecular formula is C30H19BrClFN2O3S2. The molecule has 1 aliphatic rings. The lowest BCUT2D eigenvalue weighted by atomic mass is 10.1. The van der Waals surface area contributed by atoms with Gasteiger partial charge in [0, 0.05) is 16.3 Å². The summed E-state index contributed by atoms with van der Waals surface area (Å²) in [5, 5.41) is 3.39. The van der Waals surface area contributed by atoms with Gasteiger partial charge >= 0.3 is 0 Å². The molecule has 5 nitrogen and oxygen atoms in total. The lowest BCUT2D eigenvalue weighted by Crippen LogP contribution is -2.27. The van der Waals surface area contributed by atoms with Crippen LogP contribution in [0.15, 0.2) is 100 Å². The van der Waals surface area contributed by atoms with E-state index in [9.17, 15) is 14.0 Å². The number of amides is 2. The first kappa shape index (κ1) is 28.0. The lowest BCUT2D eigenvalue weighted by Gasteiger charge is -2.15. The highest BCUT2D eigenvalue weighted by Gasteiger charge is 2.33. The third-order valence-corrected chi connectivity index (χ3v) is 8.00. The predicted molar refractivity (Wildman–Crippen MR) is 166 cm³/mol. The van der Waals surface area contributed by atoms with Crippen molar-refractivity contribution in [2.75, 3.05) is 10.2 Å². The molecule has 1 fully saturated rings. The molecule has 0 aromatic heterocycles. The number of nitrogens with zero attached hydrogens (tertiary/aromatic N) is 1. The van der Waals surface area contributed by atoms with Gasteiger partial charge in [-0.15, -0.1) is 0 Å². The van der Waals surface area contributed by atoms with Crippen molar-refractivity contribution >= 4 is 85.1 Å². The summed E-state index contributed by atoms with van der Waals surface area (Å²) in [6.07, 6.45) is 1.76. The summed E-state index contributed by atoms with van der Waals surface area (Å²) in [6, 6.07) is 25.1. The van der Waals surface area contributed by atoms with Crippen molar-refractivity contribution in [1.29, 1.82) is 0 Å². The number of hydrogen-bond acceptors (Lipinski definition) is 5. The molecule has 4 aromatic rings. The summed E-state index contributed by atoms with van der Waals surface area (Å²) in [6.45, 7) is 0.384. The molecule has 1 heterocycles. The number of ether oxygens (including phenoxy) is 1. The van der Waals surface area contributed by atoms with Crippen LogP contribution in [0.3, 0.4) is 0 Å². The summed E-state index contributed by atoms with van der Waals surface area (Å²) >= 11 is 16.2. The Morgan fingerprint density at radius 3 is 2.52 bits per heavy atom. The van der Waals surface area contributed by atoms with Gasteiger partial charge < -0.3 is 10.1 Å². The molecule has 40 heavy (non-hydrogen) atoms. The first-order valence-electron chi connectivity index (χ1n) is 11.9. The second-order valence-corrected chi connectivity index (χ2v) is 11.6. The van der Waals surface area contributed by atoms with Crippen LogP contribution in [-0.2, 0) is 11.4 Å². The van der Waals surface area contributed by atoms with Crippen molar-refractivity contribution in [2.45, 2.75) is 6.61 Å². The molecule has 0 spiro atoms. The monoisotopic (exact) mass is 652 g/mol. The standard InChI is InChI=1S/C30H19BrClFN2O3S2/c31-25-14-19(6-13-26(25)38-17-18-4-7-21(32)8-5-18)15-27-29(37)35(30(39)40-27)24-3-1-2-20(16-24)28(36)34-23-11-9-22(33)10-12-23/h1-16H,17H2,(H,34,36)/b27-15+. The number of anilines is 2. The molecule has 1 aliphatic heterocycles. The zero-order chi connectivity index (χ0) is 28.2. The maximum absolute atomic E-state index is 13.3. The number of rotatable bonds is 7. The quantitative estimate of drug-likeness (QED) is 0.160. The number of thioether (sulfide) groups is 1. The second-order valence-electron chi connectivity index (χ2n) is 8.63. The fourth-order valence-corrected chi connectivity index (χ4v) is 5.77. The highest BCUT2D eigenvalue weighted by Crippen LogP contribution is 2.37. The molecule has 5 rings (SSSR count). The van der Waals surface area contributed by atoms with E-state index in [-0.39, 0.29) is 5.91 Å². The van der Waals surface area contributed by atoms with E-state index in [1.165, 1.54) is 40.9 Å². The number of benzene rings is 4. The van der Waals surface area contributed by atoms with Gasteiger partial charge in [0.1, 0.15) is 18.2 Å². The normalized spacial score (nSPS) is 14.1. The number of thiocarbonyl (C=S) groups is 1. The summed E-state index contributed by atoms with van der Waals surface area (Å²) in [7, 11) is 0. The van der Waals surface area contributed by atoms with Crippen molar-refractivity contribution in [3.8, 4) is 5.75 Å². The Hall–Kier alpha value is -3.50. The van der Waals surface area contributed by atoms with Crippen molar-refractivity contribution in [2.24, 2.45) is 0 Å². The number of nitrogens with one attached hydrogen (secondary N) is 1. The van der Waals surface area contributed by atoms with Crippen LogP contribution in [0.5, 0.6) is 5.75 Å². The van der Waals surface area contributed by atoms with Gasteiger partial charge in [0.25, 0.3) is 11.8 Å². The fraction of sp³-hybridized carbons (Fsp3) is 0.0333. The Morgan fingerprint density at radius 1 is 1.05 bits per heavy atom. The molecule has 0 aliphatic carbocycles. The Kier molecular flexibility index (Phi) is 8.66. The maximum Gasteiger partial charge on any atom is 0.270 e. The topological polar surface area (TPSA) is 58.6 Å². The van der Waals surface area contributed by atoms with Gasteiger partial charge in [-0.1, -0.05) is 59.8 Å². The predicted octanol–water partition coefficient (Wildman–Crippen LogP) is 8.48. The average molecular weight is 654 g/mol. The minimum Gasteiger partial charge on any atom is -0.488 e. The molecule has 1 saturated heterocycles. The molecule has 0 unspecified atom stereocenters. The summed E-state index contributed by atoms with van der Waals surface area (Å²) in [5.41, 5.74) is 3.04. The molecule has 0 saturated carbocycles. The van der Waals surface area contributed by atoms with Gasteiger partial charge in [-0.2, -0.15) is 0 Å². The van der Waals surface area contributed by atoms with Gasteiger partial charge in [-0.05, 0) is 99.9 Å².